The molecule has 3 rings (SSSR count). The molecule has 0 aliphatic carbocycles. The molecule has 0 radical (unpaired) electrons. The summed E-state index contributed by atoms with van der Waals surface area (Å²) in [4.78, 5) is 20.9. The van der Waals surface area contributed by atoms with Crippen LogP contribution in [0.1, 0.15) is 18.1 Å². The maximum Gasteiger partial charge on any atom is 0.281 e. The molecule has 0 saturated heterocycles. The van der Waals surface area contributed by atoms with Gasteiger partial charge in [-0.1, -0.05) is 29.8 Å². The zero-order valence-electron chi connectivity index (χ0n) is 12.8. The summed E-state index contributed by atoms with van der Waals surface area (Å²) in [5.74, 6) is 4.18. The van der Waals surface area contributed by atoms with Gasteiger partial charge in [-0.15, -0.1) is 0 Å². The van der Waals surface area contributed by atoms with Crippen molar-refractivity contribution in [2.75, 3.05) is 0 Å². The number of aliphatic imine (C=N–C) groups is 2. The van der Waals surface area contributed by atoms with E-state index in [1.54, 1.807) is 19.1 Å². The van der Waals surface area contributed by atoms with Crippen LogP contribution in [0.5, 0.6) is 0 Å². The summed E-state index contributed by atoms with van der Waals surface area (Å²) >= 11 is 6.29. The lowest BCUT2D eigenvalue weighted by atomic mass is 10.0. The highest BCUT2D eigenvalue weighted by atomic mass is 35.5. The number of nitrogens with zero attached hydrogens (tertiary/aromatic N) is 2. The molecular formula is C17H14ClFN4O. The SMILES string of the molecule is CC1N=C(c2ccccc2Cl)c2ccc(F)cc2N=C1C(=O)NN. The maximum absolute atomic E-state index is 13.7. The molecule has 1 heterocycles. The van der Waals surface area contributed by atoms with Crippen molar-refractivity contribution in [3.63, 3.8) is 0 Å². The predicted molar refractivity (Wildman–Crippen MR) is 92.4 cm³/mol. The third kappa shape index (κ3) is 2.93. The van der Waals surface area contributed by atoms with Crippen molar-refractivity contribution in [2.24, 2.45) is 15.8 Å². The highest BCUT2D eigenvalue weighted by molar-refractivity contribution is 6.42. The molecule has 1 unspecified atom stereocenters. The van der Waals surface area contributed by atoms with E-state index in [1.807, 2.05) is 23.6 Å². The minimum absolute atomic E-state index is 0.103. The molecule has 1 amide bonds. The number of fused-ring (bicyclic) bond motifs is 1. The molecule has 0 fully saturated rings. The first kappa shape index (κ1) is 16.3. The van der Waals surface area contributed by atoms with E-state index in [-0.39, 0.29) is 5.71 Å². The fraction of sp³-hybridized carbons (Fsp3) is 0.118. The number of halogens is 2. The minimum atomic E-state index is -0.574. The van der Waals surface area contributed by atoms with Crippen molar-refractivity contribution < 1.29 is 9.18 Å². The van der Waals surface area contributed by atoms with Crippen molar-refractivity contribution in [3.8, 4) is 0 Å². The molecule has 0 saturated carbocycles. The summed E-state index contributed by atoms with van der Waals surface area (Å²) in [5, 5.41) is 0.505. The number of carbonyl (C=O) groups excluding carboxylic acids is 1. The molecule has 2 aromatic carbocycles. The van der Waals surface area contributed by atoms with E-state index in [1.165, 1.54) is 12.1 Å². The van der Waals surface area contributed by atoms with Crippen LogP contribution in [0.2, 0.25) is 5.02 Å². The van der Waals surface area contributed by atoms with Crippen LogP contribution in [-0.4, -0.2) is 23.4 Å². The number of rotatable bonds is 2. The van der Waals surface area contributed by atoms with E-state index in [9.17, 15) is 9.18 Å². The van der Waals surface area contributed by atoms with Crippen molar-refractivity contribution in [1.29, 1.82) is 0 Å². The molecule has 5 nitrogen and oxygen atoms in total. The maximum atomic E-state index is 13.7. The van der Waals surface area contributed by atoms with Crippen molar-refractivity contribution >= 4 is 34.6 Å². The lowest BCUT2D eigenvalue weighted by Crippen LogP contribution is -2.40. The average molecular weight is 345 g/mol. The van der Waals surface area contributed by atoms with E-state index >= 15 is 0 Å². The van der Waals surface area contributed by atoms with Crippen LogP contribution in [0, 0.1) is 5.82 Å². The number of nitrogens with one attached hydrogen (secondary N) is 1. The van der Waals surface area contributed by atoms with Crippen LogP contribution in [0.3, 0.4) is 0 Å². The molecule has 0 bridgehead atoms. The van der Waals surface area contributed by atoms with Gasteiger partial charge in [0.25, 0.3) is 5.91 Å². The molecule has 1 aliphatic rings. The number of amides is 1. The number of benzene rings is 2. The zero-order valence-corrected chi connectivity index (χ0v) is 13.5. The summed E-state index contributed by atoms with van der Waals surface area (Å²) in [5.41, 5.74) is 4.28. The van der Waals surface area contributed by atoms with Crippen LogP contribution >= 0.6 is 11.6 Å². The fourth-order valence-corrected chi connectivity index (χ4v) is 2.75. The Labute approximate surface area is 143 Å². The van der Waals surface area contributed by atoms with Gasteiger partial charge in [0.1, 0.15) is 11.5 Å². The Morgan fingerprint density at radius 1 is 1.25 bits per heavy atom. The van der Waals surface area contributed by atoms with Crippen LogP contribution in [-0.2, 0) is 4.79 Å². The Kier molecular flexibility index (Phi) is 4.42. The topological polar surface area (TPSA) is 79.8 Å². The Balaban J connectivity index is 2.27. The van der Waals surface area contributed by atoms with Gasteiger partial charge in [0, 0.05) is 22.2 Å². The third-order valence-electron chi connectivity index (χ3n) is 3.67. The Morgan fingerprint density at radius 3 is 2.71 bits per heavy atom. The van der Waals surface area contributed by atoms with E-state index < -0.39 is 17.8 Å². The highest BCUT2D eigenvalue weighted by Gasteiger charge is 2.25. The van der Waals surface area contributed by atoms with Crippen molar-refractivity contribution in [2.45, 2.75) is 13.0 Å². The second-order valence-corrected chi connectivity index (χ2v) is 5.67. The monoisotopic (exact) mass is 344 g/mol. The number of hydrogen-bond acceptors (Lipinski definition) is 4. The van der Waals surface area contributed by atoms with Crippen LogP contribution in [0.4, 0.5) is 10.1 Å². The van der Waals surface area contributed by atoms with E-state index in [0.29, 0.717) is 27.5 Å². The first-order valence-corrected chi connectivity index (χ1v) is 7.61. The Bertz CT molecular complexity index is 879. The first-order chi connectivity index (χ1) is 11.5. The smallest absolute Gasteiger partial charge is 0.281 e. The van der Waals surface area contributed by atoms with Gasteiger partial charge in [-0.25, -0.2) is 15.2 Å². The van der Waals surface area contributed by atoms with Gasteiger partial charge in [0.05, 0.1) is 17.4 Å². The molecule has 7 heteroatoms. The van der Waals surface area contributed by atoms with Gasteiger partial charge in [-0.2, -0.15) is 0 Å². The Morgan fingerprint density at radius 2 is 2.00 bits per heavy atom. The number of hydrazine groups is 1. The lowest BCUT2D eigenvalue weighted by molar-refractivity contribution is -0.115. The predicted octanol–water partition coefficient (Wildman–Crippen LogP) is 2.78. The van der Waals surface area contributed by atoms with Gasteiger partial charge >= 0.3 is 0 Å². The summed E-state index contributed by atoms with van der Waals surface area (Å²) < 4.78 is 13.7. The van der Waals surface area contributed by atoms with Crippen molar-refractivity contribution in [1.82, 2.24) is 5.43 Å². The Hall–Kier alpha value is -2.57. The largest absolute Gasteiger partial charge is 0.289 e. The molecule has 0 spiro atoms. The van der Waals surface area contributed by atoms with Crippen LogP contribution in [0.15, 0.2) is 52.4 Å². The molecular weight excluding hydrogens is 331 g/mol. The number of hydrogen-bond donors (Lipinski definition) is 2. The zero-order chi connectivity index (χ0) is 17.3. The van der Waals surface area contributed by atoms with Gasteiger partial charge in [-0.3, -0.25) is 15.2 Å². The lowest BCUT2D eigenvalue weighted by Gasteiger charge is -2.11. The summed E-state index contributed by atoms with van der Waals surface area (Å²) in [7, 11) is 0. The quantitative estimate of drug-likeness (QED) is 0.499. The second-order valence-electron chi connectivity index (χ2n) is 5.27. The number of nitrogens with two attached hydrogens (primary N) is 1. The molecule has 122 valence electrons. The summed E-state index contributed by atoms with van der Waals surface area (Å²) in [6, 6.07) is 10.8. The fourth-order valence-electron chi connectivity index (χ4n) is 2.53. The highest BCUT2D eigenvalue weighted by Crippen LogP contribution is 2.30. The van der Waals surface area contributed by atoms with Gasteiger partial charge in [-0.05, 0) is 25.1 Å². The standard InChI is InChI=1S/C17H14ClFN4O/c1-9-15(17(24)23-20)22-14-8-10(19)6-7-12(14)16(21-9)11-4-2-3-5-13(11)18/h2-9H,20H2,1H3,(H,23,24). The molecule has 1 aliphatic heterocycles. The normalized spacial score (nSPS) is 16.6. The molecule has 24 heavy (non-hydrogen) atoms. The van der Waals surface area contributed by atoms with E-state index in [2.05, 4.69) is 9.98 Å². The van der Waals surface area contributed by atoms with Crippen LogP contribution < -0.4 is 11.3 Å². The molecule has 3 N–H and O–H groups in total. The van der Waals surface area contributed by atoms with Gasteiger partial charge in [0.15, 0.2) is 0 Å². The molecule has 1 atom stereocenters. The van der Waals surface area contributed by atoms with E-state index in [0.717, 1.165) is 0 Å². The molecule has 0 aromatic heterocycles. The van der Waals surface area contributed by atoms with E-state index in [4.69, 9.17) is 17.4 Å². The number of carbonyl (C=O) groups is 1. The van der Waals surface area contributed by atoms with Gasteiger partial charge in [0.2, 0.25) is 0 Å². The minimum Gasteiger partial charge on any atom is -0.289 e. The first-order valence-electron chi connectivity index (χ1n) is 7.23. The average Bonchev–Trinajstić information content (AvgIpc) is 2.71. The van der Waals surface area contributed by atoms with Gasteiger partial charge < -0.3 is 0 Å². The molecule has 2 aromatic rings. The third-order valence-corrected chi connectivity index (χ3v) is 4.00. The van der Waals surface area contributed by atoms with Crippen LogP contribution in [0.25, 0.3) is 0 Å². The van der Waals surface area contributed by atoms with Crippen molar-refractivity contribution in [3.05, 3.63) is 64.4 Å². The summed E-state index contributed by atoms with van der Waals surface area (Å²) in [6.45, 7) is 1.72. The summed E-state index contributed by atoms with van der Waals surface area (Å²) in [6.07, 6.45) is 0. The second kappa shape index (κ2) is 6.51.